The number of halogens is 3. The van der Waals surface area contributed by atoms with Crippen molar-refractivity contribution in [3.63, 3.8) is 0 Å². The fraction of sp³-hybridized carbons (Fsp3) is 0.429. The molecule has 0 aliphatic heterocycles. The first-order valence-corrected chi connectivity index (χ1v) is 15.0. The van der Waals surface area contributed by atoms with E-state index >= 15 is 0 Å². The number of aliphatic hydroxyl groups is 1. The number of aryl methyl sites for hydroxylation is 2. The maximum atomic E-state index is 14.0. The lowest BCUT2D eigenvalue weighted by Crippen LogP contribution is -2.48. The zero-order valence-electron chi connectivity index (χ0n) is 25.6. The van der Waals surface area contributed by atoms with E-state index in [-0.39, 0.29) is 37.1 Å². The zero-order valence-corrected chi connectivity index (χ0v) is 26.4. The number of hydrogen-bond donors (Lipinski definition) is 3. The molecule has 0 unspecified atom stereocenters. The van der Waals surface area contributed by atoms with Crippen LogP contribution in [0, 0.1) is 24.5 Å². The molecule has 234 valence electrons. The lowest BCUT2D eigenvalue weighted by Gasteiger charge is -2.25. The average Bonchev–Trinajstić information content (AvgIpc) is 2.95. The lowest BCUT2D eigenvalue weighted by molar-refractivity contribution is 0.0829. The normalized spacial score (nSPS) is 12.5. The molecule has 0 saturated heterocycles. The number of hydrogen-bond acceptors (Lipinski definition) is 4. The summed E-state index contributed by atoms with van der Waals surface area (Å²) in [4.78, 5) is 26.8. The first-order valence-electron chi connectivity index (χ1n) is 15.0. The third-order valence-corrected chi connectivity index (χ3v) is 7.51. The minimum atomic E-state index is -1.06. The van der Waals surface area contributed by atoms with Crippen LogP contribution in [0.4, 0.5) is 8.78 Å². The number of benzene rings is 3. The van der Waals surface area contributed by atoms with Crippen molar-refractivity contribution < 1.29 is 23.5 Å². The lowest BCUT2D eigenvalue weighted by atomic mass is 9.88. The summed E-state index contributed by atoms with van der Waals surface area (Å²) in [7, 11) is 0. The maximum Gasteiger partial charge on any atom is 0.251 e. The van der Waals surface area contributed by atoms with Crippen LogP contribution >= 0.6 is 12.4 Å². The van der Waals surface area contributed by atoms with E-state index in [0.29, 0.717) is 23.2 Å². The number of nitrogens with one attached hydrogen (secondary N) is 2. The Balaban J connectivity index is 0.00000645. The van der Waals surface area contributed by atoms with Gasteiger partial charge in [-0.05, 0) is 85.2 Å². The molecule has 0 heterocycles. The Morgan fingerprint density at radius 1 is 0.837 bits per heavy atom. The standard InChI is InChI=1S/C35H44F2N2O3.ClH/c1-5-9-27(10-6-2)34(41)28-13-23(4)14-29(19-28)35(42)39-32(18-26-16-30(36)20-31(37)17-26)33(40)22-38-21-25-12-8-11-24(7-3)15-25;/h8,11-17,19-20,27,32-33,38,40H,5-7,9-10,18,21-22H2,1-4H3,(H,39,42);1H/t32-,33+;/m0./s1. The largest absolute Gasteiger partial charge is 0.390 e. The molecule has 43 heavy (non-hydrogen) atoms. The van der Waals surface area contributed by atoms with Crippen LogP contribution < -0.4 is 10.6 Å². The molecule has 0 fully saturated rings. The molecular formula is C35H45ClF2N2O3. The summed E-state index contributed by atoms with van der Waals surface area (Å²) in [5.41, 5.74) is 4.16. The Hall–Kier alpha value is -3.13. The van der Waals surface area contributed by atoms with E-state index in [1.165, 1.54) is 17.7 Å². The van der Waals surface area contributed by atoms with Gasteiger partial charge in [0, 0.05) is 36.2 Å². The van der Waals surface area contributed by atoms with Crippen LogP contribution in [0.15, 0.2) is 60.7 Å². The molecule has 5 nitrogen and oxygen atoms in total. The number of aliphatic hydroxyl groups excluding tert-OH is 1. The first-order chi connectivity index (χ1) is 20.1. The monoisotopic (exact) mass is 614 g/mol. The third-order valence-electron chi connectivity index (χ3n) is 7.51. The van der Waals surface area contributed by atoms with Gasteiger partial charge in [-0.2, -0.15) is 0 Å². The van der Waals surface area contributed by atoms with Crippen molar-refractivity contribution in [3.05, 3.63) is 106 Å². The molecule has 3 aromatic rings. The van der Waals surface area contributed by atoms with Gasteiger partial charge in [-0.3, -0.25) is 9.59 Å². The second-order valence-corrected chi connectivity index (χ2v) is 11.2. The van der Waals surface area contributed by atoms with Crippen molar-refractivity contribution >= 4 is 24.1 Å². The van der Waals surface area contributed by atoms with Crippen LogP contribution in [0.25, 0.3) is 0 Å². The molecule has 3 aromatic carbocycles. The van der Waals surface area contributed by atoms with Gasteiger partial charge >= 0.3 is 0 Å². The van der Waals surface area contributed by atoms with Crippen molar-refractivity contribution in [3.8, 4) is 0 Å². The second kappa shape index (κ2) is 17.9. The maximum absolute atomic E-state index is 14.0. The summed E-state index contributed by atoms with van der Waals surface area (Å²) < 4.78 is 27.9. The van der Waals surface area contributed by atoms with E-state index in [2.05, 4.69) is 43.5 Å². The quantitative estimate of drug-likeness (QED) is 0.150. The first kappa shape index (κ1) is 36.1. The highest BCUT2D eigenvalue weighted by Gasteiger charge is 2.25. The number of Topliss-reactive ketones (excluding diaryl/α,β-unsaturated/α-hetero) is 1. The molecule has 3 rings (SSSR count). The topological polar surface area (TPSA) is 78.4 Å². The van der Waals surface area contributed by atoms with Gasteiger partial charge in [0.05, 0.1) is 12.1 Å². The van der Waals surface area contributed by atoms with Gasteiger partial charge in [0.2, 0.25) is 0 Å². The fourth-order valence-corrected chi connectivity index (χ4v) is 5.38. The summed E-state index contributed by atoms with van der Waals surface area (Å²) in [6.07, 6.45) is 3.24. The van der Waals surface area contributed by atoms with E-state index in [1.54, 1.807) is 18.2 Å². The number of amides is 1. The Bertz CT molecular complexity index is 1320. The molecule has 0 bridgehead atoms. The molecule has 2 atom stereocenters. The van der Waals surface area contributed by atoms with Crippen LogP contribution in [0.2, 0.25) is 0 Å². The minimum absolute atomic E-state index is 0. The highest BCUT2D eigenvalue weighted by atomic mass is 35.5. The summed E-state index contributed by atoms with van der Waals surface area (Å²) in [5, 5.41) is 17.3. The highest BCUT2D eigenvalue weighted by molar-refractivity contribution is 6.02. The predicted molar refractivity (Wildman–Crippen MR) is 171 cm³/mol. The molecule has 8 heteroatoms. The van der Waals surface area contributed by atoms with Gasteiger partial charge in [0.15, 0.2) is 5.78 Å². The van der Waals surface area contributed by atoms with Crippen LogP contribution in [0.1, 0.15) is 89.4 Å². The highest BCUT2D eigenvalue weighted by Crippen LogP contribution is 2.22. The van der Waals surface area contributed by atoms with Crippen molar-refractivity contribution in [2.45, 2.75) is 84.9 Å². The Kier molecular flexibility index (Phi) is 15.0. The van der Waals surface area contributed by atoms with Crippen LogP contribution in [-0.2, 0) is 19.4 Å². The minimum Gasteiger partial charge on any atom is -0.390 e. The molecule has 0 aliphatic rings. The van der Waals surface area contributed by atoms with Gasteiger partial charge in [-0.25, -0.2) is 8.78 Å². The number of ketones is 1. The summed E-state index contributed by atoms with van der Waals surface area (Å²) >= 11 is 0. The molecular weight excluding hydrogens is 570 g/mol. The second-order valence-electron chi connectivity index (χ2n) is 11.2. The summed E-state index contributed by atoms with van der Waals surface area (Å²) in [5.74, 6) is -1.99. The summed E-state index contributed by atoms with van der Waals surface area (Å²) in [6.45, 7) is 8.69. The van der Waals surface area contributed by atoms with Crippen molar-refractivity contribution in [2.24, 2.45) is 5.92 Å². The average molecular weight is 615 g/mol. The van der Waals surface area contributed by atoms with Crippen molar-refractivity contribution in [1.29, 1.82) is 0 Å². The zero-order chi connectivity index (χ0) is 30.6. The van der Waals surface area contributed by atoms with Crippen LogP contribution in [0.5, 0.6) is 0 Å². The SMILES string of the molecule is CCCC(CCC)C(=O)c1cc(C)cc(C(=O)N[C@@H](Cc2cc(F)cc(F)c2)[C@H](O)CNCc2cccc(CC)c2)c1.Cl. The van der Waals surface area contributed by atoms with Gasteiger partial charge in [-0.15, -0.1) is 12.4 Å². The van der Waals surface area contributed by atoms with Crippen molar-refractivity contribution in [2.75, 3.05) is 6.54 Å². The Labute approximate surface area is 260 Å². The molecule has 0 saturated carbocycles. The Morgan fingerprint density at radius 3 is 2.09 bits per heavy atom. The number of carbonyl (C=O) groups excluding carboxylic acids is 2. The van der Waals surface area contributed by atoms with Gasteiger partial charge in [0.1, 0.15) is 11.6 Å². The molecule has 0 aliphatic carbocycles. The van der Waals surface area contributed by atoms with E-state index in [4.69, 9.17) is 0 Å². The van der Waals surface area contributed by atoms with Gasteiger partial charge in [0.25, 0.3) is 5.91 Å². The Morgan fingerprint density at radius 2 is 1.47 bits per heavy atom. The van der Waals surface area contributed by atoms with E-state index in [9.17, 15) is 23.5 Å². The molecule has 0 aromatic heterocycles. The van der Waals surface area contributed by atoms with Crippen LogP contribution in [-0.4, -0.2) is 35.5 Å². The van der Waals surface area contributed by atoms with Gasteiger partial charge < -0.3 is 15.7 Å². The van der Waals surface area contributed by atoms with E-state index in [1.807, 2.05) is 19.1 Å². The van der Waals surface area contributed by atoms with Crippen molar-refractivity contribution in [1.82, 2.24) is 10.6 Å². The molecule has 1 amide bonds. The smallest absolute Gasteiger partial charge is 0.251 e. The third kappa shape index (κ3) is 11.1. The molecule has 0 radical (unpaired) electrons. The summed E-state index contributed by atoms with van der Waals surface area (Å²) in [6, 6.07) is 15.6. The predicted octanol–water partition coefficient (Wildman–Crippen LogP) is 7.15. The van der Waals surface area contributed by atoms with Crippen LogP contribution in [0.3, 0.4) is 0 Å². The molecule has 0 spiro atoms. The van der Waals surface area contributed by atoms with Gasteiger partial charge in [-0.1, -0.05) is 57.9 Å². The van der Waals surface area contributed by atoms with E-state index in [0.717, 1.165) is 49.3 Å². The number of rotatable bonds is 16. The van der Waals surface area contributed by atoms with E-state index < -0.39 is 29.7 Å². The fourth-order valence-electron chi connectivity index (χ4n) is 5.38. The number of carbonyl (C=O) groups is 2. The molecule has 3 N–H and O–H groups in total.